The predicted molar refractivity (Wildman–Crippen MR) is 86.2 cm³/mol. The number of fused-ring (bicyclic) bond motifs is 1. The van der Waals surface area contributed by atoms with Gasteiger partial charge in [0.15, 0.2) is 5.65 Å². The van der Waals surface area contributed by atoms with Gasteiger partial charge in [0.2, 0.25) is 5.91 Å². The van der Waals surface area contributed by atoms with Crippen molar-refractivity contribution in [1.29, 1.82) is 0 Å². The van der Waals surface area contributed by atoms with Crippen LogP contribution in [-0.2, 0) is 16.0 Å². The number of morpholine rings is 1. The number of hydrogen-bond acceptors (Lipinski definition) is 5. The van der Waals surface area contributed by atoms with Crippen molar-refractivity contribution in [3.8, 4) is 0 Å². The number of rotatable bonds is 6. The fraction of sp³-hybridized carbons (Fsp3) is 0.562. The van der Waals surface area contributed by atoms with Crippen LogP contribution in [0.3, 0.4) is 0 Å². The number of pyridine rings is 1. The summed E-state index contributed by atoms with van der Waals surface area (Å²) in [6, 6.07) is 6.00. The van der Waals surface area contributed by atoms with Crippen molar-refractivity contribution in [2.75, 3.05) is 32.8 Å². The molecule has 2 aromatic heterocycles. The molecule has 1 atom stereocenters. The molecule has 23 heavy (non-hydrogen) atoms. The zero-order valence-electron chi connectivity index (χ0n) is 13.4. The first-order valence-electron chi connectivity index (χ1n) is 8.11. The molecule has 0 unspecified atom stereocenters. The van der Waals surface area contributed by atoms with E-state index in [2.05, 4.69) is 15.5 Å². The third-order valence-electron chi connectivity index (χ3n) is 4.07. The van der Waals surface area contributed by atoms with E-state index in [0.29, 0.717) is 32.7 Å². The van der Waals surface area contributed by atoms with Crippen LogP contribution in [0.1, 0.15) is 19.2 Å². The lowest BCUT2D eigenvalue weighted by molar-refractivity contribution is -0.135. The summed E-state index contributed by atoms with van der Waals surface area (Å²) in [4.78, 5) is 14.1. The summed E-state index contributed by atoms with van der Waals surface area (Å²) in [5, 5.41) is 11.7. The Morgan fingerprint density at radius 1 is 1.35 bits per heavy atom. The summed E-state index contributed by atoms with van der Waals surface area (Å²) >= 11 is 0. The Labute approximate surface area is 135 Å². The van der Waals surface area contributed by atoms with E-state index >= 15 is 0 Å². The molecule has 0 radical (unpaired) electrons. The monoisotopic (exact) mass is 317 g/mol. The van der Waals surface area contributed by atoms with Gasteiger partial charge in [0, 0.05) is 44.7 Å². The molecule has 0 aromatic carbocycles. The maximum Gasteiger partial charge on any atom is 0.224 e. The van der Waals surface area contributed by atoms with Gasteiger partial charge < -0.3 is 15.0 Å². The number of hydrogen-bond donors (Lipinski definition) is 1. The van der Waals surface area contributed by atoms with Crippen molar-refractivity contribution in [2.24, 2.45) is 0 Å². The van der Waals surface area contributed by atoms with Crippen LogP contribution in [0.2, 0.25) is 0 Å². The highest BCUT2D eigenvalue weighted by Crippen LogP contribution is 2.05. The average molecular weight is 317 g/mol. The second kappa shape index (κ2) is 7.52. The maximum atomic E-state index is 12.2. The summed E-state index contributed by atoms with van der Waals surface area (Å²) < 4.78 is 7.26. The molecule has 2 aromatic rings. The highest BCUT2D eigenvalue weighted by Gasteiger charge is 2.18. The molecule has 1 N–H and O–H groups in total. The Kier molecular flexibility index (Phi) is 5.19. The third kappa shape index (κ3) is 4.05. The van der Waals surface area contributed by atoms with Gasteiger partial charge in [-0.1, -0.05) is 6.07 Å². The molecular formula is C16H23N5O2. The molecule has 0 saturated carbocycles. The van der Waals surface area contributed by atoms with Gasteiger partial charge in [-0.25, -0.2) is 0 Å². The van der Waals surface area contributed by atoms with Crippen molar-refractivity contribution >= 4 is 11.6 Å². The van der Waals surface area contributed by atoms with Crippen LogP contribution in [-0.4, -0.2) is 64.3 Å². The molecule has 3 heterocycles. The summed E-state index contributed by atoms with van der Waals surface area (Å²) in [5.74, 6) is 1.13. The number of amides is 1. The molecule has 124 valence electrons. The van der Waals surface area contributed by atoms with E-state index in [0.717, 1.165) is 24.4 Å². The van der Waals surface area contributed by atoms with Crippen LogP contribution < -0.4 is 5.32 Å². The minimum absolute atomic E-state index is 0.143. The normalized spacial score (nSPS) is 16.7. The zero-order valence-corrected chi connectivity index (χ0v) is 13.4. The molecule has 0 spiro atoms. The Morgan fingerprint density at radius 3 is 3.00 bits per heavy atom. The van der Waals surface area contributed by atoms with E-state index in [9.17, 15) is 4.79 Å². The summed E-state index contributed by atoms with van der Waals surface area (Å²) in [6.07, 6.45) is 3.26. The van der Waals surface area contributed by atoms with E-state index in [-0.39, 0.29) is 11.9 Å². The number of nitrogens with one attached hydrogen (secondary N) is 1. The lowest BCUT2D eigenvalue weighted by atomic mass is 10.2. The smallest absolute Gasteiger partial charge is 0.224 e. The topological polar surface area (TPSA) is 71.8 Å². The second-order valence-corrected chi connectivity index (χ2v) is 5.85. The minimum Gasteiger partial charge on any atom is -0.378 e. The van der Waals surface area contributed by atoms with Gasteiger partial charge in [0.1, 0.15) is 5.82 Å². The van der Waals surface area contributed by atoms with Crippen LogP contribution in [0.5, 0.6) is 0 Å². The number of carbonyl (C=O) groups is 1. The summed E-state index contributed by atoms with van der Waals surface area (Å²) in [5.41, 5.74) is 0.859. The lowest BCUT2D eigenvalue weighted by Crippen LogP contribution is -2.43. The van der Waals surface area contributed by atoms with Crippen LogP contribution in [0, 0.1) is 0 Å². The molecule has 7 heteroatoms. The maximum absolute atomic E-state index is 12.2. The molecule has 1 aliphatic rings. The molecule has 0 bridgehead atoms. The Morgan fingerprint density at radius 2 is 2.17 bits per heavy atom. The van der Waals surface area contributed by atoms with Crippen LogP contribution in [0.4, 0.5) is 0 Å². The highest BCUT2D eigenvalue weighted by atomic mass is 16.5. The first kappa shape index (κ1) is 15.9. The van der Waals surface area contributed by atoms with Gasteiger partial charge in [0.25, 0.3) is 0 Å². The number of ether oxygens (including phenoxy) is 1. The van der Waals surface area contributed by atoms with Gasteiger partial charge in [-0.05, 0) is 19.1 Å². The van der Waals surface area contributed by atoms with Crippen LogP contribution in [0.15, 0.2) is 24.4 Å². The van der Waals surface area contributed by atoms with Gasteiger partial charge in [-0.15, -0.1) is 10.2 Å². The fourth-order valence-electron chi connectivity index (χ4n) is 2.77. The Balaban J connectivity index is 1.44. The molecule has 0 aliphatic carbocycles. The molecule has 1 amide bonds. The molecule has 1 fully saturated rings. The number of carbonyl (C=O) groups excluding carboxylic acids is 1. The first-order valence-corrected chi connectivity index (χ1v) is 8.11. The van der Waals surface area contributed by atoms with E-state index in [1.54, 1.807) is 0 Å². The SMILES string of the molecule is C[C@H](CC(=O)N1CCOCC1)NCCc1nnc2ccccn12. The molecule has 7 nitrogen and oxygen atoms in total. The van der Waals surface area contributed by atoms with E-state index in [1.807, 2.05) is 40.6 Å². The molecule has 1 saturated heterocycles. The molecule has 1 aliphatic heterocycles. The standard InChI is InChI=1S/C16H23N5O2/c1-13(12-16(22)20-8-10-23-11-9-20)17-6-5-15-19-18-14-4-2-3-7-21(14)15/h2-4,7,13,17H,5-6,8-12H2,1H3/t13-/m1/s1. The second-order valence-electron chi connectivity index (χ2n) is 5.85. The molecular weight excluding hydrogens is 294 g/mol. The molecule has 3 rings (SSSR count). The van der Waals surface area contributed by atoms with Gasteiger partial charge in [-0.3, -0.25) is 9.20 Å². The highest BCUT2D eigenvalue weighted by molar-refractivity contribution is 5.76. The lowest BCUT2D eigenvalue weighted by Gasteiger charge is -2.28. The van der Waals surface area contributed by atoms with Crippen molar-refractivity contribution in [2.45, 2.75) is 25.8 Å². The summed E-state index contributed by atoms with van der Waals surface area (Å²) in [7, 11) is 0. The first-order chi connectivity index (χ1) is 11.2. The Bertz CT molecular complexity index is 651. The van der Waals surface area contributed by atoms with Crippen LogP contribution >= 0.6 is 0 Å². The quantitative estimate of drug-likeness (QED) is 0.840. The van der Waals surface area contributed by atoms with E-state index < -0.39 is 0 Å². The third-order valence-corrected chi connectivity index (χ3v) is 4.07. The number of nitrogens with zero attached hydrogens (tertiary/aromatic N) is 4. The van der Waals surface area contributed by atoms with Crippen molar-refractivity contribution < 1.29 is 9.53 Å². The largest absolute Gasteiger partial charge is 0.378 e. The van der Waals surface area contributed by atoms with Gasteiger partial charge >= 0.3 is 0 Å². The van der Waals surface area contributed by atoms with Crippen molar-refractivity contribution in [3.05, 3.63) is 30.2 Å². The Hall–Kier alpha value is -1.99. The van der Waals surface area contributed by atoms with Crippen LogP contribution in [0.25, 0.3) is 5.65 Å². The van der Waals surface area contributed by atoms with Gasteiger partial charge in [-0.2, -0.15) is 0 Å². The fourth-order valence-corrected chi connectivity index (χ4v) is 2.77. The summed E-state index contributed by atoms with van der Waals surface area (Å²) in [6.45, 7) is 5.52. The van der Waals surface area contributed by atoms with Crippen molar-refractivity contribution in [1.82, 2.24) is 24.8 Å². The van der Waals surface area contributed by atoms with Crippen molar-refractivity contribution in [3.63, 3.8) is 0 Å². The minimum atomic E-state index is 0.143. The van der Waals surface area contributed by atoms with E-state index in [1.165, 1.54) is 0 Å². The average Bonchev–Trinajstić information content (AvgIpc) is 2.99. The van der Waals surface area contributed by atoms with E-state index in [4.69, 9.17) is 4.74 Å². The zero-order chi connectivity index (χ0) is 16.1. The number of aromatic nitrogens is 3. The van der Waals surface area contributed by atoms with Gasteiger partial charge in [0.05, 0.1) is 13.2 Å². The predicted octanol–water partition coefficient (Wildman–Crippen LogP) is 0.499.